The number of halogens is 2. The largest absolute Gasteiger partial charge is 0.379 e. The van der Waals surface area contributed by atoms with E-state index in [0.29, 0.717) is 33.8 Å². The van der Waals surface area contributed by atoms with Gasteiger partial charge in [-0.05, 0) is 42.3 Å². The quantitative estimate of drug-likeness (QED) is 0.452. The van der Waals surface area contributed by atoms with Crippen LogP contribution < -0.4 is 10.6 Å². The molecule has 1 amide bonds. The SMILES string of the molecule is O=C(NCCc1ccc(Cl)cc1Cl)c1ccc(-c2ccnc(NCCN3CCOCC3)n2)s1. The molecule has 0 spiro atoms. The van der Waals surface area contributed by atoms with Gasteiger partial charge in [-0.15, -0.1) is 11.3 Å². The second kappa shape index (κ2) is 11.8. The monoisotopic (exact) mass is 505 g/mol. The number of anilines is 1. The van der Waals surface area contributed by atoms with E-state index >= 15 is 0 Å². The minimum absolute atomic E-state index is 0.116. The highest BCUT2D eigenvalue weighted by molar-refractivity contribution is 7.17. The Morgan fingerprint density at radius 1 is 1.12 bits per heavy atom. The highest BCUT2D eigenvalue weighted by Gasteiger charge is 2.13. The number of nitrogens with zero attached hydrogens (tertiary/aromatic N) is 3. The summed E-state index contributed by atoms with van der Waals surface area (Å²) >= 11 is 13.5. The van der Waals surface area contributed by atoms with Crippen LogP contribution in [-0.2, 0) is 11.2 Å². The van der Waals surface area contributed by atoms with Crippen molar-refractivity contribution in [3.63, 3.8) is 0 Å². The first-order valence-corrected chi connectivity index (χ1v) is 12.3. The summed E-state index contributed by atoms with van der Waals surface area (Å²) in [4.78, 5) is 25.4. The second-order valence-corrected chi connectivity index (χ2v) is 9.48. The predicted octanol–water partition coefficient (Wildman–Crippen LogP) is 4.23. The molecule has 3 heterocycles. The third-order valence-corrected chi connectivity index (χ3v) is 6.94. The van der Waals surface area contributed by atoms with Gasteiger partial charge in [0.1, 0.15) is 0 Å². The maximum Gasteiger partial charge on any atom is 0.261 e. The van der Waals surface area contributed by atoms with Crippen molar-refractivity contribution in [2.45, 2.75) is 6.42 Å². The fourth-order valence-electron chi connectivity index (χ4n) is 3.45. The summed E-state index contributed by atoms with van der Waals surface area (Å²) in [5.41, 5.74) is 1.73. The zero-order valence-electron chi connectivity index (χ0n) is 18.0. The van der Waals surface area contributed by atoms with E-state index in [9.17, 15) is 4.79 Å². The van der Waals surface area contributed by atoms with Crippen LogP contribution in [0.2, 0.25) is 10.0 Å². The summed E-state index contributed by atoms with van der Waals surface area (Å²) in [5.74, 6) is 0.467. The number of ether oxygens (including phenoxy) is 1. The van der Waals surface area contributed by atoms with E-state index in [1.807, 2.05) is 24.3 Å². The first-order chi connectivity index (χ1) is 16.1. The van der Waals surface area contributed by atoms with Gasteiger partial charge in [0.15, 0.2) is 0 Å². The zero-order valence-corrected chi connectivity index (χ0v) is 20.3. The molecule has 7 nitrogen and oxygen atoms in total. The van der Waals surface area contributed by atoms with E-state index in [2.05, 4.69) is 25.5 Å². The van der Waals surface area contributed by atoms with Crippen LogP contribution in [0.3, 0.4) is 0 Å². The van der Waals surface area contributed by atoms with Crippen LogP contribution in [0.4, 0.5) is 5.95 Å². The predicted molar refractivity (Wildman–Crippen MR) is 134 cm³/mol. The molecular formula is C23H25Cl2N5O2S. The van der Waals surface area contributed by atoms with Crippen LogP contribution in [0.25, 0.3) is 10.6 Å². The van der Waals surface area contributed by atoms with Gasteiger partial charge >= 0.3 is 0 Å². The fourth-order valence-corrected chi connectivity index (χ4v) is 4.85. The second-order valence-electron chi connectivity index (χ2n) is 7.55. The van der Waals surface area contributed by atoms with Crippen molar-refractivity contribution in [1.29, 1.82) is 0 Å². The van der Waals surface area contributed by atoms with Gasteiger partial charge in [0.25, 0.3) is 5.91 Å². The molecule has 0 aliphatic carbocycles. The van der Waals surface area contributed by atoms with Gasteiger partial charge in [-0.3, -0.25) is 9.69 Å². The van der Waals surface area contributed by atoms with Crippen LogP contribution in [0.15, 0.2) is 42.6 Å². The number of nitrogens with one attached hydrogen (secondary N) is 2. The summed E-state index contributed by atoms with van der Waals surface area (Å²) in [6, 6.07) is 11.0. The lowest BCUT2D eigenvalue weighted by Gasteiger charge is -2.26. The lowest BCUT2D eigenvalue weighted by molar-refractivity contribution is 0.0398. The Balaban J connectivity index is 1.29. The molecular weight excluding hydrogens is 481 g/mol. The van der Waals surface area contributed by atoms with Crippen LogP contribution in [0.5, 0.6) is 0 Å². The van der Waals surface area contributed by atoms with Crippen molar-refractivity contribution in [1.82, 2.24) is 20.2 Å². The van der Waals surface area contributed by atoms with Gasteiger partial charge in [-0.1, -0.05) is 29.3 Å². The molecule has 4 rings (SSSR count). The standard InChI is InChI=1S/C23H25Cl2N5O2S/c24-17-2-1-16(18(25)15-17)5-7-26-22(31)21-4-3-20(33-21)19-6-8-27-23(29-19)28-9-10-30-11-13-32-14-12-30/h1-4,6,8,15H,5,7,9-14H2,(H,26,31)(H,27,28,29). The maximum absolute atomic E-state index is 12.6. The summed E-state index contributed by atoms with van der Waals surface area (Å²) < 4.78 is 5.37. The number of carbonyl (C=O) groups excluding carboxylic acids is 1. The molecule has 2 N–H and O–H groups in total. The van der Waals surface area contributed by atoms with Gasteiger partial charge in [0.05, 0.1) is 28.7 Å². The van der Waals surface area contributed by atoms with Crippen molar-refractivity contribution in [2.24, 2.45) is 0 Å². The number of benzene rings is 1. The van der Waals surface area contributed by atoms with Gasteiger partial charge in [0, 0.05) is 49.0 Å². The van der Waals surface area contributed by atoms with Crippen molar-refractivity contribution >= 4 is 46.4 Å². The Morgan fingerprint density at radius 3 is 2.79 bits per heavy atom. The minimum Gasteiger partial charge on any atom is -0.379 e. The molecule has 174 valence electrons. The summed E-state index contributed by atoms with van der Waals surface area (Å²) in [5, 5.41) is 7.43. The Morgan fingerprint density at radius 2 is 1.97 bits per heavy atom. The van der Waals surface area contributed by atoms with E-state index in [4.69, 9.17) is 27.9 Å². The molecule has 0 bridgehead atoms. The normalized spacial score (nSPS) is 14.2. The third-order valence-electron chi connectivity index (χ3n) is 5.25. The van der Waals surface area contributed by atoms with Gasteiger partial charge in [0.2, 0.25) is 5.95 Å². The van der Waals surface area contributed by atoms with E-state index in [1.165, 1.54) is 11.3 Å². The van der Waals surface area contributed by atoms with Crippen molar-refractivity contribution in [3.05, 3.63) is 63.1 Å². The Kier molecular flexibility index (Phi) is 8.52. The number of morpholine rings is 1. The lowest BCUT2D eigenvalue weighted by atomic mass is 10.1. The molecule has 1 aliphatic heterocycles. The average Bonchev–Trinajstić information content (AvgIpc) is 3.32. The van der Waals surface area contributed by atoms with Gasteiger partial charge in [-0.25, -0.2) is 9.97 Å². The van der Waals surface area contributed by atoms with E-state index in [-0.39, 0.29) is 5.91 Å². The van der Waals surface area contributed by atoms with Gasteiger partial charge < -0.3 is 15.4 Å². The average molecular weight is 506 g/mol. The number of hydrogen-bond donors (Lipinski definition) is 2. The molecule has 10 heteroatoms. The molecule has 0 radical (unpaired) electrons. The topological polar surface area (TPSA) is 79.4 Å². The van der Waals surface area contributed by atoms with Gasteiger partial charge in [-0.2, -0.15) is 0 Å². The van der Waals surface area contributed by atoms with Crippen LogP contribution in [0, 0.1) is 0 Å². The molecule has 1 saturated heterocycles. The summed E-state index contributed by atoms with van der Waals surface area (Å²) in [7, 11) is 0. The van der Waals surface area contributed by atoms with E-state index in [1.54, 1.807) is 18.3 Å². The third kappa shape index (κ3) is 6.88. The van der Waals surface area contributed by atoms with Crippen molar-refractivity contribution in [2.75, 3.05) is 51.3 Å². The smallest absolute Gasteiger partial charge is 0.261 e. The Labute approximate surface area is 207 Å². The molecule has 1 aliphatic rings. The van der Waals surface area contributed by atoms with Crippen LogP contribution in [0.1, 0.15) is 15.2 Å². The van der Waals surface area contributed by atoms with E-state index in [0.717, 1.165) is 55.5 Å². The molecule has 3 aromatic rings. The number of hydrogen-bond acceptors (Lipinski definition) is 7. The Bertz CT molecular complexity index is 1090. The minimum atomic E-state index is -0.116. The summed E-state index contributed by atoms with van der Waals surface area (Å²) in [6.45, 7) is 5.65. The first-order valence-electron chi connectivity index (χ1n) is 10.8. The zero-order chi connectivity index (χ0) is 23.0. The number of amides is 1. The number of thiophene rings is 1. The van der Waals surface area contributed by atoms with Crippen molar-refractivity contribution in [3.8, 4) is 10.6 Å². The van der Waals surface area contributed by atoms with Crippen LogP contribution >= 0.6 is 34.5 Å². The molecule has 33 heavy (non-hydrogen) atoms. The lowest BCUT2D eigenvalue weighted by Crippen LogP contribution is -2.39. The number of rotatable bonds is 9. The van der Waals surface area contributed by atoms with Crippen molar-refractivity contribution < 1.29 is 9.53 Å². The molecule has 0 atom stereocenters. The highest BCUT2D eigenvalue weighted by atomic mass is 35.5. The fraction of sp³-hybridized carbons (Fsp3) is 0.348. The molecule has 1 fully saturated rings. The number of aromatic nitrogens is 2. The van der Waals surface area contributed by atoms with Crippen LogP contribution in [-0.4, -0.2) is 66.7 Å². The molecule has 0 saturated carbocycles. The number of carbonyl (C=O) groups is 1. The molecule has 2 aromatic heterocycles. The summed E-state index contributed by atoms with van der Waals surface area (Å²) in [6.07, 6.45) is 2.36. The maximum atomic E-state index is 12.6. The first kappa shape index (κ1) is 23.9. The van der Waals surface area contributed by atoms with E-state index < -0.39 is 0 Å². The highest BCUT2D eigenvalue weighted by Crippen LogP contribution is 2.27. The Hall–Kier alpha value is -2.23. The molecule has 0 unspecified atom stereocenters. The molecule has 1 aromatic carbocycles.